The Hall–Kier alpha value is -3.39. The normalized spacial score (nSPS) is 13.4. The van der Waals surface area contributed by atoms with Crippen LogP contribution in [-0.4, -0.2) is 5.91 Å². The summed E-state index contributed by atoms with van der Waals surface area (Å²) in [5.41, 5.74) is 6.26. The lowest BCUT2D eigenvalue weighted by molar-refractivity contribution is -0.116. The summed E-state index contributed by atoms with van der Waals surface area (Å²) < 4.78 is 0. The van der Waals surface area contributed by atoms with Crippen LogP contribution < -0.4 is 5.32 Å². The van der Waals surface area contributed by atoms with Crippen LogP contribution in [0.25, 0.3) is 17.2 Å². The highest BCUT2D eigenvalue weighted by Gasteiger charge is 2.43. The zero-order chi connectivity index (χ0) is 17.9. The minimum absolute atomic E-state index is 0.00839. The molecule has 26 heavy (non-hydrogen) atoms. The summed E-state index contributed by atoms with van der Waals surface area (Å²) in [7, 11) is 0. The highest BCUT2D eigenvalue weighted by molar-refractivity contribution is 6.25. The van der Waals surface area contributed by atoms with Crippen molar-refractivity contribution in [2.45, 2.75) is 0 Å². The van der Waals surface area contributed by atoms with Gasteiger partial charge in [-0.15, -0.1) is 0 Å². The van der Waals surface area contributed by atoms with Gasteiger partial charge in [0.2, 0.25) is 5.91 Å². The van der Waals surface area contributed by atoms with Crippen molar-refractivity contribution in [2.75, 3.05) is 5.32 Å². The molecule has 1 N–H and O–H groups in total. The Kier molecular flexibility index (Phi) is 4.24. The SMILES string of the molecule is C=Cc1ccc(NC(=O)C2C(c3ccccc3)=C2c2ccccc2)cc1. The topological polar surface area (TPSA) is 29.1 Å². The maximum atomic E-state index is 12.9. The number of carbonyl (C=O) groups excluding carboxylic acids is 1. The van der Waals surface area contributed by atoms with Crippen molar-refractivity contribution in [1.82, 2.24) is 0 Å². The van der Waals surface area contributed by atoms with Gasteiger partial charge in [-0.3, -0.25) is 4.79 Å². The molecule has 3 aromatic carbocycles. The average Bonchev–Trinajstić information content (AvgIpc) is 3.46. The molecule has 0 aromatic heterocycles. The Balaban J connectivity index is 1.61. The van der Waals surface area contributed by atoms with Crippen molar-refractivity contribution in [3.8, 4) is 0 Å². The number of hydrogen-bond acceptors (Lipinski definition) is 1. The largest absolute Gasteiger partial charge is 0.325 e. The summed E-state index contributed by atoms with van der Waals surface area (Å²) >= 11 is 0. The summed E-state index contributed by atoms with van der Waals surface area (Å²) in [6.45, 7) is 3.75. The molecule has 0 saturated carbocycles. The fourth-order valence-electron chi connectivity index (χ4n) is 3.28. The van der Waals surface area contributed by atoms with Gasteiger partial charge in [-0.1, -0.05) is 85.5 Å². The van der Waals surface area contributed by atoms with Crippen molar-refractivity contribution >= 4 is 28.8 Å². The van der Waals surface area contributed by atoms with E-state index >= 15 is 0 Å². The molecule has 0 saturated heterocycles. The quantitative estimate of drug-likeness (QED) is 0.653. The standard InChI is InChI=1S/C24H19NO/c1-2-17-13-15-20(16-14-17)25-24(26)23-21(18-9-5-3-6-10-18)22(23)19-11-7-4-8-12-19/h2-16,23H,1H2,(H,25,26). The average molecular weight is 337 g/mol. The predicted molar refractivity (Wildman–Crippen MR) is 108 cm³/mol. The molecule has 2 heteroatoms. The molecule has 3 aromatic rings. The molecule has 0 heterocycles. The van der Waals surface area contributed by atoms with Crippen LogP contribution in [0.3, 0.4) is 0 Å². The van der Waals surface area contributed by atoms with E-state index in [1.54, 1.807) is 6.08 Å². The molecule has 4 rings (SSSR count). The maximum absolute atomic E-state index is 12.9. The highest BCUT2D eigenvalue weighted by Crippen LogP contribution is 2.53. The zero-order valence-electron chi connectivity index (χ0n) is 14.4. The molecule has 0 bridgehead atoms. The Morgan fingerprint density at radius 1 is 0.769 bits per heavy atom. The second-order valence-electron chi connectivity index (χ2n) is 6.31. The molecule has 0 aliphatic heterocycles. The van der Waals surface area contributed by atoms with E-state index in [1.165, 1.54) is 0 Å². The van der Waals surface area contributed by atoms with Gasteiger partial charge >= 0.3 is 0 Å². The van der Waals surface area contributed by atoms with E-state index in [1.807, 2.05) is 60.7 Å². The Morgan fingerprint density at radius 3 is 1.73 bits per heavy atom. The molecule has 0 unspecified atom stereocenters. The maximum Gasteiger partial charge on any atom is 0.236 e. The Morgan fingerprint density at radius 2 is 1.27 bits per heavy atom. The first-order chi connectivity index (χ1) is 12.8. The molecule has 1 aliphatic carbocycles. The number of benzene rings is 3. The molecule has 0 atom stereocenters. The van der Waals surface area contributed by atoms with Gasteiger partial charge in [0.05, 0.1) is 5.92 Å². The Labute approximate surface area is 153 Å². The lowest BCUT2D eigenvalue weighted by atomic mass is 10.1. The third kappa shape index (κ3) is 3.09. The van der Waals surface area contributed by atoms with E-state index in [9.17, 15) is 4.79 Å². The number of anilines is 1. The lowest BCUT2D eigenvalue weighted by Gasteiger charge is -2.07. The minimum Gasteiger partial charge on any atom is -0.325 e. The first-order valence-corrected chi connectivity index (χ1v) is 8.66. The Bertz CT molecular complexity index is 920. The first-order valence-electron chi connectivity index (χ1n) is 8.66. The number of hydrogen-bond donors (Lipinski definition) is 1. The van der Waals surface area contributed by atoms with Crippen molar-refractivity contribution in [3.63, 3.8) is 0 Å². The minimum atomic E-state index is -0.209. The summed E-state index contributed by atoms with van der Waals surface area (Å²) in [6, 6.07) is 27.9. The van der Waals surface area contributed by atoms with Crippen LogP contribution in [0.2, 0.25) is 0 Å². The van der Waals surface area contributed by atoms with Crippen molar-refractivity contribution in [3.05, 3.63) is 108 Å². The molecule has 0 radical (unpaired) electrons. The second kappa shape index (κ2) is 6.85. The van der Waals surface area contributed by atoms with E-state index in [-0.39, 0.29) is 11.8 Å². The summed E-state index contributed by atoms with van der Waals surface area (Å²) in [5.74, 6) is -0.201. The molecule has 0 fully saturated rings. The van der Waals surface area contributed by atoms with Gasteiger partial charge in [-0.05, 0) is 40.0 Å². The summed E-state index contributed by atoms with van der Waals surface area (Å²) in [6.07, 6.45) is 1.79. The van der Waals surface area contributed by atoms with Crippen LogP contribution in [-0.2, 0) is 4.79 Å². The van der Waals surface area contributed by atoms with Crippen LogP contribution in [0.4, 0.5) is 5.69 Å². The smallest absolute Gasteiger partial charge is 0.236 e. The van der Waals surface area contributed by atoms with Gasteiger partial charge in [-0.2, -0.15) is 0 Å². The number of nitrogens with one attached hydrogen (secondary N) is 1. The van der Waals surface area contributed by atoms with E-state index in [0.29, 0.717) is 0 Å². The van der Waals surface area contributed by atoms with Gasteiger partial charge in [0.25, 0.3) is 0 Å². The second-order valence-corrected chi connectivity index (χ2v) is 6.31. The lowest BCUT2D eigenvalue weighted by Crippen LogP contribution is -2.16. The van der Waals surface area contributed by atoms with Crippen LogP contribution >= 0.6 is 0 Å². The third-order valence-corrected chi connectivity index (χ3v) is 4.63. The summed E-state index contributed by atoms with van der Waals surface area (Å²) in [4.78, 5) is 12.9. The van der Waals surface area contributed by atoms with Gasteiger partial charge in [0.15, 0.2) is 0 Å². The van der Waals surface area contributed by atoms with Gasteiger partial charge in [-0.25, -0.2) is 0 Å². The fourth-order valence-corrected chi connectivity index (χ4v) is 3.28. The molecular weight excluding hydrogens is 318 g/mol. The number of amides is 1. The summed E-state index contributed by atoms with van der Waals surface area (Å²) in [5, 5.41) is 3.04. The molecule has 1 amide bonds. The van der Waals surface area contributed by atoms with E-state index in [0.717, 1.165) is 33.5 Å². The highest BCUT2D eigenvalue weighted by atomic mass is 16.2. The first kappa shape index (κ1) is 16.1. The van der Waals surface area contributed by atoms with Gasteiger partial charge in [0, 0.05) is 5.69 Å². The third-order valence-electron chi connectivity index (χ3n) is 4.63. The monoisotopic (exact) mass is 337 g/mol. The van der Waals surface area contributed by atoms with E-state index in [4.69, 9.17) is 0 Å². The van der Waals surface area contributed by atoms with E-state index in [2.05, 4.69) is 36.2 Å². The van der Waals surface area contributed by atoms with Crippen molar-refractivity contribution in [1.29, 1.82) is 0 Å². The molecule has 0 spiro atoms. The zero-order valence-corrected chi connectivity index (χ0v) is 14.4. The number of carbonyl (C=O) groups is 1. The molecule has 1 aliphatic rings. The molecule has 126 valence electrons. The van der Waals surface area contributed by atoms with E-state index < -0.39 is 0 Å². The van der Waals surface area contributed by atoms with Gasteiger partial charge < -0.3 is 5.32 Å². The van der Waals surface area contributed by atoms with Crippen molar-refractivity contribution < 1.29 is 4.79 Å². The van der Waals surface area contributed by atoms with Crippen LogP contribution in [0.15, 0.2) is 91.5 Å². The fraction of sp³-hybridized carbons (Fsp3) is 0.0417. The van der Waals surface area contributed by atoms with Crippen LogP contribution in [0, 0.1) is 5.92 Å². The van der Waals surface area contributed by atoms with Crippen LogP contribution in [0.5, 0.6) is 0 Å². The predicted octanol–water partition coefficient (Wildman–Crippen LogP) is 5.51. The molecular formula is C24H19NO. The van der Waals surface area contributed by atoms with Crippen LogP contribution in [0.1, 0.15) is 16.7 Å². The van der Waals surface area contributed by atoms with Gasteiger partial charge in [0.1, 0.15) is 0 Å². The number of rotatable bonds is 5. The molecule has 2 nitrogen and oxygen atoms in total. The van der Waals surface area contributed by atoms with Crippen molar-refractivity contribution in [2.24, 2.45) is 5.92 Å².